The van der Waals surface area contributed by atoms with E-state index in [1.807, 2.05) is 0 Å². The number of aromatic nitrogens is 2. The van der Waals surface area contributed by atoms with Gasteiger partial charge in [0.1, 0.15) is 18.0 Å². The number of aromatic hydroxyl groups is 1. The summed E-state index contributed by atoms with van der Waals surface area (Å²) in [6, 6.07) is 15.0. The Labute approximate surface area is 211 Å². The number of ether oxygens (including phenoxy) is 1. The van der Waals surface area contributed by atoms with Gasteiger partial charge in [0.15, 0.2) is 0 Å². The maximum absolute atomic E-state index is 13.3. The van der Waals surface area contributed by atoms with Gasteiger partial charge in [-0.1, -0.05) is 35.3 Å². The number of carbonyl (C=O) groups is 1. The monoisotopic (exact) mass is 512 g/mol. The van der Waals surface area contributed by atoms with E-state index < -0.39 is 11.5 Å². The van der Waals surface area contributed by atoms with E-state index in [2.05, 4.69) is 10.4 Å². The number of phenols is 1. The number of benzene rings is 3. The van der Waals surface area contributed by atoms with Crippen LogP contribution in [0.2, 0.25) is 10.0 Å². The third kappa shape index (κ3) is 4.76. The van der Waals surface area contributed by atoms with Gasteiger partial charge in [-0.2, -0.15) is 5.10 Å². The summed E-state index contributed by atoms with van der Waals surface area (Å²) in [5.41, 5.74) is 1.62. The number of nitrogens with zero attached hydrogens (tertiary/aromatic N) is 3. The van der Waals surface area contributed by atoms with Gasteiger partial charge in [0, 0.05) is 41.8 Å². The van der Waals surface area contributed by atoms with E-state index in [1.54, 1.807) is 56.6 Å². The van der Waals surface area contributed by atoms with E-state index in [1.165, 1.54) is 24.1 Å². The van der Waals surface area contributed by atoms with Gasteiger partial charge < -0.3 is 20.1 Å². The largest absolute Gasteiger partial charge is 0.506 e. The fourth-order valence-corrected chi connectivity index (χ4v) is 4.15. The minimum Gasteiger partial charge on any atom is -0.506 e. The number of amides is 1. The van der Waals surface area contributed by atoms with Gasteiger partial charge in [-0.25, -0.2) is 4.68 Å². The predicted octanol–water partition coefficient (Wildman–Crippen LogP) is 4.79. The minimum absolute atomic E-state index is 0.00198. The number of fused-ring (bicyclic) bond motifs is 1. The average Bonchev–Trinajstić information content (AvgIpc) is 2.84. The molecular weight excluding hydrogens is 491 g/mol. The number of methoxy groups -OCH3 is 1. The lowest BCUT2D eigenvalue weighted by Gasteiger charge is -2.19. The highest BCUT2D eigenvalue weighted by Gasteiger charge is 2.19. The quantitative estimate of drug-likeness (QED) is 0.360. The second-order valence-corrected chi connectivity index (χ2v) is 8.60. The molecule has 0 bridgehead atoms. The molecule has 0 unspecified atom stereocenters. The Morgan fingerprint density at radius 1 is 1.14 bits per heavy atom. The Balaban J connectivity index is 1.82. The number of anilines is 2. The zero-order valence-corrected chi connectivity index (χ0v) is 20.7. The van der Waals surface area contributed by atoms with Crippen molar-refractivity contribution in [1.82, 2.24) is 9.78 Å². The lowest BCUT2D eigenvalue weighted by Crippen LogP contribution is -2.35. The van der Waals surface area contributed by atoms with Crippen LogP contribution in [0, 0.1) is 0 Å². The van der Waals surface area contributed by atoms with Gasteiger partial charge in [-0.05, 0) is 36.4 Å². The Kier molecular flexibility index (Phi) is 6.86. The van der Waals surface area contributed by atoms with E-state index in [0.29, 0.717) is 49.2 Å². The van der Waals surface area contributed by atoms with Gasteiger partial charge >= 0.3 is 0 Å². The maximum Gasteiger partial charge on any atom is 0.275 e. The molecule has 0 aliphatic heterocycles. The van der Waals surface area contributed by atoms with Crippen LogP contribution in [-0.2, 0) is 11.3 Å². The summed E-state index contributed by atoms with van der Waals surface area (Å²) in [7, 11) is 4.70. The summed E-state index contributed by atoms with van der Waals surface area (Å²) in [6.45, 7) is -0.335. The number of nitrogens with one attached hydrogen (secondary N) is 1. The molecule has 4 rings (SSSR count). The standard InChI is InChI=1S/C25H22Cl2N4O4/c1-28-20-8-7-16(10-21(20)32)30(2)23(33)13-31-25(34)18-12-22(35-3)19(27)11-17(18)24(29-31)14-5-4-6-15(26)9-14/h4-12,28,32H,13H2,1-3H3. The highest BCUT2D eigenvalue weighted by atomic mass is 35.5. The summed E-state index contributed by atoms with van der Waals surface area (Å²) < 4.78 is 6.40. The molecule has 180 valence electrons. The summed E-state index contributed by atoms with van der Waals surface area (Å²) >= 11 is 12.5. The lowest BCUT2D eigenvalue weighted by molar-refractivity contribution is -0.119. The lowest BCUT2D eigenvalue weighted by atomic mass is 10.0. The molecule has 3 aromatic carbocycles. The molecule has 0 saturated carbocycles. The normalized spacial score (nSPS) is 10.9. The average molecular weight is 513 g/mol. The Morgan fingerprint density at radius 2 is 1.91 bits per heavy atom. The van der Waals surface area contributed by atoms with E-state index in [-0.39, 0.29) is 12.3 Å². The van der Waals surface area contributed by atoms with Gasteiger partial charge in [0.25, 0.3) is 5.56 Å². The number of rotatable bonds is 6. The third-order valence-electron chi connectivity index (χ3n) is 5.63. The zero-order chi connectivity index (χ0) is 25.3. The van der Waals surface area contributed by atoms with Crippen molar-refractivity contribution in [1.29, 1.82) is 0 Å². The number of likely N-dealkylation sites (N-methyl/N-ethyl adjacent to an activating group) is 1. The van der Waals surface area contributed by atoms with Crippen molar-refractivity contribution in [2.75, 3.05) is 31.4 Å². The van der Waals surface area contributed by atoms with Crippen molar-refractivity contribution in [2.45, 2.75) is 6.54 Å². The van der Waals surface area contributed by atoms with Gasteiger partial charge in [0.05, 0.1) is 28.9 Å². The second-order valence-electron chi connectivity index (χ2n) is 7.76. The zero-order valence-electron chi connectivity index (χ0n) is 19.2. The molecule has 0 radical (unpaired) electrons. The van der Waals surface area contributed by atoms with Crippen LogP contribution in [0.5, 0.6) is 11.5 Å². The molecule has 0 spiro atoms. The molecule has 1 aromatic heterocycles. The van der Waals surface area contributed by atoms with Crippen LogP contribution in [0.1, 0.15) is 0 Å². The fourth-order valence-electron chi connectivity index (χ4n) is 3.72. The SMILES string of the molecule is CNc1ccc(N(C)C(=O)Cn2nc(-c3cccc(Cl)c3)c3cc(Cl)c(OC)cc3c2=O)cc1O. The highest BCUT2D eigenvalue weighted by molar-refractivity contribution is 6.33. The number of carbonyl (C=O) groups excluding carboxylic acids is 1. The van der Waals surface area contributed by atoms with E-state index in [0.717, 1.165) is 4.68 Å². The molecule has 10 heteroatoms. The number of hydrogen-bond donors (Lipinski definition) is 2. The van der Waals surface area contributed by atoms with Crippen molar-refractivity contribution < 1.29 is 14.6 Å². The van der Waals surface area contributed by atoms with Crippen molar-refractivity contribution >= 4 is 51.3 Å². The molecule has 0 fully saturated rings. The van der Waals surface area contributed by atoms with Crippen LogP contribution in [0.25, 0.3) is 22.0 Å². The van der Waals surface area contributed by atoms with Crippen LogP contribution in [-0.4, -0.2) is 42.0 Å². The Morgan fingerprint density at radius 3 is 2.57 bits per heavy atom. The topological polar surface area (TPSA) is 96.7 Å². The molecule has 35 heavy (non-hydrogen) atoms. The minimum atomic E-state index is -0.476. The molecule has 1 heterocycles. The molecule has 0 aliphatic rings. The first kappa shape index (κ1) is 24.4. The Bertz CT molecular complexity index is 1500. The number of hydrogen-bond acceptors (Lipinski definition) is 6. The van der Waals surface area contributed by atoms with Crippen LogP contribution in [0.15, 0.2) is 59.4 Å². The third-order valence-corrected chi connectivity index (χ3v) is 6.16. The predicted molar refractivity (Wildman–Crippen MR) is 139 cm³/mol. The first-order valence-corrected chi connectivity index (χ1v) is 11.3. The molecule has 0 saturated heterocycles. The number of phenolic OH excluding ortho intramolecular Hbond substituents is 1. The molecule has 0 atom stereocenters. The van der Waals surface area contributed by atoms with Gasteiger partial charge in [-0.3, -0.25) is 9.59 Å². The van der Waals surface area contributed by atoms with Gasteiger partial charge in [-0.15, -0.1) is 0 Å². The molecule has 4 aromatic rings. The first-order chi connectivity index (χ1) is 16.7. The summed E-state index contributed by atoms with van der Waals surface area (Å²) in [4.78, 5) is 27.8. The summed E-state index contributed by atoms with van der Waals surface area (Å²) in [5, 5.41) is 19.1. The Hall–Kier alpha value is -3.75. The summed E-state index contributed by atoms with van der Waals surface area (Å²) in [6.07, 6.45) is 0. The smallest absolute Gasteiger partial charge is 0.275 e. The first-order valence-electron chi connectivity index (χ1n) is 10.5. The molecule has 8 nitrogen and oxygen atoms in total. The van der Waals surface area contributed by atoms with Crippen molar-refractivity contribution in [3.8, 4) is 22.8 Å². The van der Waals surface area contributed by atoms with Crippen LogP contribution in [0.3, 0.4) is 0 Å². The summed E-state index contributed by atoms with van der Waals surface area (Å²) in [5.74, 6) is -0.0824. The fraction of sp³-hybridized carbons (Fsp3) is 0.160. The van der Waals surface area contributed by atoms with Crippen molar-refractivity contribution in [3.05, 3.63) is 75.0 Å². The molecule has 1 amide bonds. The van der Waals surface area contributed by atoms with Crippen LogP contribution in [0.4, 0.5) is 11.4 Å². The van der Waals surface area contributed by atoms with Gasteiger partial charge in [0.2, 0.25) is 5.91 Å². The van der Waals surface area contributed by atoms with E-state index >= 15 is 0 Å². The van der Waals surface area contributed by atoms with Crippen molar-refractivity contribution in [2.24, 2.45) is 0 Å². The van der Waals surface area contributed by atoms with Crippen LogP contribution >= 0.6 is 23.2 Å². The van der Waals surface area contributed by atoms with E-state index in [9.17, 15) is 14.7 Å². The van der Waals surface area contributed by atoms with Crippen LogP contribution < -0.4 is 20.5 Å². The van der Waals surface area contributed by atoms with E-state index in [4.69, 9.17) is 27.9 Å². The number of halogens is 2. The molecule has 2 N–H and O–H groups in total. The molecular formula is C25H22Cl2N4O4. The second kappa shape index (κ2) is 9.85. The maximum atomic E-state index is 13.3. The highest BCUT2D eigenvalue weighted by Crippen LogP contribution is 2.34. The molecule has 0 aliphatic carbocycles. The van der Waals surface area contributed by atoms with Crippen molar-refractivity contribution in [3.63, 3.8) is 0 Å².